The van der Waals surface area contributed by atoms with E-state index in [-0.39, 0.29) is 11.3 Å². The Balaban J connectivity index is 1.86. The number of rotatable bonds is 3. The zero-order valence-electron chi connectivity index (χ0n) is 15.5. The summed E-state index contributed by atoms with van der Waals surface area (Å²) in [7, 11) is 1.61. The fraction of sp³-hybridized carbons (Fsp3) is 0.273. The first-order valence-corrected chi connectivity index (χ1v) is 9.19. The lowest BCUT2D eigenvalue weighted by molar-refractivity contribution is 0.0794. The number of H-pyrrole nitrogens is 1. The van der Waals surface area contributed by atoms with E-state index in [1.165, 1.54) is 0 Å². The first kappa shape index (κ1) is 17.3. The smallest absolute Gasteiger partial charge is 0.255 e. The van der Waals surface area contributed by atoms with Gasteiger partial charge < -0.3 is 14.6 Å². The predicted octanol–water partition coefficient (Wildman–Crippen LogP) is 3.75. The van der Waals surface area contributed by atoms with Crippen molar-refractivity contribution in [2.75, 3.05) is 20.2 Å². The zero-order valence-corrected chi connectivity index (χ0v) is 15.5. The third-order valence-corrected chi connectivity index (χ3v) is 5.27. The van der Waals surface area contributed by atoms with Crippen molar-refractivity contribution in [3.63, 3.8) is 0 Å². The van der Waals surface area contributed by atoms with E-state index in [0.29, 0.717) is 22.0 Å². The molecule has 0 radical (unpaired) electrons. The van der Waals surface area contributed by atoms with Gasteiger partial charge in [-0.15, -0.1) is 0 Å². The van der Waals surface area contributed by atoms with Gasteiger partial charge in [-0.25, -0.2) is 0 Å². The van der Waals surface area contributed by atoms with E-state index in [4.69, 9.17) is 4.74 Å². The molecule has 0 aliphatic carbocycles. The third-order valence-electron chi connectivity index (χ3n) is 5.27. The minimum absolute atomic E-state index is 0.00894. The van der Waals surface area contributed by atoms with Crippen LogP contribution >= 0.6 is 0 Å². The Labute approximate surface area is 157 Å². The topological polar surface area (TPSA) is 62.4 Å². The number of fused-ring (bicyclic) bond motifs is 1. The van der Waals surface area contributed by atoms with Gasteiger partial charge in [0.15, 0.2) is 5.43 Å². The summed E-state index contributed by atoms with van der Waals surface area (Å²) in [5.41, 5.74) is 3.38. The van der Waals surface area contributed by atoms with Gasteiger partial charge in [-0.1, -0.05) is 18.2 Å². The highest BCUT2D eigenvalue weighted by atomic mass is 16.5. The maximum Gasteiger partial charge on any atom is 0.255 e. The first-order chi connectivity index (χ1) is 13.1. The Morgan fingerprint density at radius 1 is 1.07 bits per heavy atom. The Bertz CT molecular complexity index is 1060. The fourth-order valence-electron chi connectivity index (χ4n) is 3.75. The molecule has 0 atom stereocenters. The van der Waals surface area contributed by atoms with E-state index in [2.05, 4.69) is 4.98 Å². The molecule has 1 saturated heterocycles. The van der Waals surface area contributed by atoms with Crippen LogP contribution in [0.1, 0.15) is 28.8 Å². The van der Waals surface area contributed by atoms with E-state index in [0.717, 1.165) is 42.8 Å². The van der Waals surface area contributed by atoms with Gasteiger partial charge >= 0.3 is 0 Å². The van der Waals surface area contributed by atoms with Crippen LogP contribution in [0, 0.1) is 6.92 Å². The second-order valence-electron chi connectivity index (χ2n) is 6.94. The standard InChI is InChI=1S/C22H22N2O3/c1-14-5-10-17(22(26)24-11-3-4-12-24)20-19(14)21(25)18(13-23-20)15-6-8-16(27-2)9-7-15/h5-10,13H,3-4,11-12H2,1-2H3,(H,23,25). The van der Waals surface area contributed by atoms with Gasteiger partial charge in [0.2, 0.25) is 0 Å². The van der Waals surface area contributed by atoms with Gasteiger partial charge in [0.25, 0.3) is 5.91 Å². The number of carbonyl (C=O) groups is 1. The number of carbonyl (C=O) groups excluding carboxylic acids is 1. The van der Waals surface area contributed by atoms with Crippen molar-refractivity contribution >= 4 is 16.8 Å². The summed E-state index contributed by atoms with van der Waals surface area (Å²) < 4.78 is 5.19. The SMILES string of the molecule is COc1ccc(-c2c[nH]c3c(C(=O)N4CCCC4)ccc(C)c3c2=O)cc1. The fourth-order valence-corrected chi connectivity index (χ4v) is 3.75. The molecule has 2 heterocycles. The van der Waals surface area contributed by atoms with E-state index in [9.17, 15) is 9.59 Å². The summed E-state index contributed by atoms with van der Waals surface area (Å²) in [6.07, 6.45) is 3.77. The Morgan fingerprint density at radius 3 is 2.44 bits per heavy atom. The number of nitrogens with zero attached hydrogens (tertiary/aromatic N) is 1. The Hall–Kier alpha value is -3.08. The molecule has 0 unspecified atom stereocenters. The molecule has 2 aromatic carbocycles. The number of hydrogen-bond donors (Lipinski definition) is 1. The molecule has 27 heavy (non-hydrogen) atoms. The van der Waals surface area contributed by atoms with Crippen molar-refractivity contribution in [1.82, 2.24) is 9.88 Å². The summed E-state index contributed by atoms with van der Waals surface area (Å²) in [4.78, 5) is 31.2. The summed E-state index contributed by atoms with van der Waals surface area (Å²) >= 11 is 0. The highest BCUT2D eigenvalue weighted by Crippen LogP contribution is 2.25. The van der Waals surface area contributed by atoms with Gasteiger partial charge in [0, 0.05) is 30.2 Å². The molecule has 1 N–H and O–H groups in total. The molecule has 4 rings (SSSR count). The van der Waals surface area contributed by atoms with Crippen LogP contribution in [-0.4, -0.2) is 36.0 Å². The number of amides is 1. The lowest BCUT2D eigenvalue weighted by Gasteiger charge is -2.17. The molecular weight excluding hydrogens is 340 g/mol. The van der Waals surface area contributed by atoms with E-state index in [1.54, 1.807) is 13.3 Å². The summed E-state index contributed by atoms with van der Waals surface area (Å²) in [5, 5.41) is 0.577. The van der Waals surface area contributed by atoms with Gasteiger partial charge in [-0.2, -0.15) is 0 Å². The molecule has 0 saturated carbocycles. The van der Waals surface area contributed by atoms with E-state index < -0.39 is 0 Å². The van der Waals surface area contributed by atoms with Crippen LogP contribution in [0.2, 0.25) is 0 Å². The zero-order chi connectivity index (χ0) is 19.0. The van der Waals surface area contributed by atoms with Crippen molar-refractivity contribution in [3.05, 3.63) is 63.9 Å². The number of pyridine rings is 1. The molecule has 1 amide bonds. The Morgan fingerprint density at radius 2 is 1.78 bits per heavy atom. The number of aromatic nitrogens is 1. The lowest BCUT2D eigenvalue weighted by Crippen LogP contribution is -2.28. The van der Waals surface area contributed by atoms with Crippen LogP contribution in [0.15, 0.2) is 47.4 Å². The molecule has 0 bridgehead atoms. The first-order valence-electron chi connectivity index (χ1n) is 9.19. The van der Waals surface area contributed by atoms with Crippen LogP contribution in [0.3, 0.4) is 0 Å². The lowest BCUT2D eigenvalue weighted by atomic mass is 9.99. The van der Waals surface area contributed by atoms with Crippen molar-refractivity contribution < 1.29 is 9.53 Å². The molecule has 5 nitrogen and oxygen atoms in total. The van der Waals surface area contributed by atoms with Crippen LogP contribution < -0.4 is 10.2 Å². The van der Waals surface area contributed by atoms with Gasteiger partial charge in [-0.05, 0) is 49.1 Å². The number of aryl methyl sites for hydroxylation is 1. The molecule has 1 aliphatic heterocycles. The highest BCUT2D eigenvalue weighted by molar-refractivity contribution is 6.06. The second-order valence-corrected chi connectivity index (χ2v) is 6.94. The highest BCUT2D eigenvalue weighted by Gasteiger charge is 2.23. The summed E-state index contributed by atoms with van der Waals surface area (Å²) in [6.45, 7) is 3.46. The maximum atomic E-state index is 13.2. The minimum atomic E-state index is -0.0671. The molecule has 5 heteroatoms. The molecule has 1 aromatic heterocycles. The van der Waals surface area contributed by atoms with Crippen LogP contribution in [0.4, 0.5) is 0 Å². The molecular formula is C22H22N2O3. The van der Waals surface area contributed by atoms with Crippen molar-refractivity contribution in [3.8, 4) is 16.9 Å². The average Bonchev–Trinajstić information content (AvgIpc) is 3.23. The van der Waals surface area contributed by atoms with E-state index in [1.807, 2.05) is 48.2 Å². The molecule has 1 aliphatic rings. The van der Waals surface area contributed by atoms with E-state index >= 15 is 0 Å². The molecule has 0 spiro atoms. The quantitative estimate of drug-likeness (QED) is 0.772. The van der Waals surface area contributed by atoms with Crippen LogP contribution in [0.25, 0.3) is 22.0 Å². The van der Waals surface area contributed by atoms with Crippen molar-refractivity contribution in [2.24, 2.45) is 0 Å². The average molecular weight is 362 g/mol. The number of ether oxygens (including phenoxy) is 1. The molecule has 138 valence electrons. The number of hydrogen-bond acceptors (Lipinski definition) is 3. The number of benzene rings is 2. The van der Waals surface area contributed by atoms with Gasteiger partial charge in [-0.3, -0.25) is 9.59 Å². The van der Waals surface area contributed by atoms with Crippen LogP contribution in [0.5, 0.6) is 5.75 Å². The van der Waals surface area contributed by atoms with Gasteiger partial charge in [0.05, 0.1) is 18.2 Å². The van der Waals surface area contributed by atoms with Crippen LogP contribution in [-0.2, 0) is 0 Å². The number of nitrogens with one attached hydrogen (secondary N) is 1. The number of aromatic amines is 1. The van der Waals surface area contributed by atoms with Gasteiger partial charge in [0.1, 0.15) is 5.75 Å². The summed E-state index contributed by atoms with van der Waals surface area (Å²) in [6, 6.07) is 11.1. The Kier molecular flexibility index (Phi) is 4.44. The number of methoxy groups -OCH3 is 1. The predicted molar refractivity (Wildman–Crippen MR) is 106 cm³/mol. The normalized spacial score (nSPS) is 13.9. The minimum Gasteiger partial charge on any atom is -0.497 e. The number of likely N-dealkylation sites (tertiary alicyclic amines) is 1. The third kappa shape index (κ3) is 2.99. The maximum absolute atomic E-state index is 13.2. The van der Waals surface area contributed by atoms with Crippen molar-refractivity contribution in [1.29, 1.82) is 0 Å². The molecule has 3 aromatic rings. The monoisotopic (exact) mass is 362 g/mol. The van der Waals surface area contributed by atoms with Crippen molar-refractivity contribution in [2.45, 2.75) is 19.8 Å². The summed E-state index contributed by atoms with van der Waals surface area (Å²) in [5.74, 6) is 0.732. The second kappa shape index (κ2) is 6.91. The largest absolute Gasteiger partial charge is 0.497 e. The molecule has 1 fully saturated rings.